The number of furan rings is 1. The maximum atomic E-state index is 7.80. The van der Waals surface area contributed by atoms with Gasteiger partial charge in [0.05, 0.1) is 17.0 Å². The van der Waals surface area contributed by atoms with Gasteiger partial charge in [-0.3, -0.25) is 0 Å². The number of anilines is 9. The molecular formula is C75H78BN3O. The fraction of sp³-hybridized carbons (Fsp3) is 0.333. The minimum Gasteiger partial charge on any atom is -0.468 e. The van der Waals surface area contributed by atoms with Gasteiger partial charge in [0.2, 0.25) is 0 Å². The predicted octanol–water partition coefficient (Wildman–Crippen LogP) is 19.0. The number of fused-ring (bicyclic) bond motifs is 9. The number of nitrogens with zero attached hydrogens (tertiary/aromatic N) is 3. The highest BCUT2D eigenvalue weighted by atomic mass is 16.3. The number of rotatable bonds is 6. The van der Waals surface area contributed by atoms with Crippen LogP contribution in [0.4, 0.5) is 51.2 Å². The van der Waals surface area contributed by atoms with Crippen molar-refractivity contribution in [3.8, 4) is 11.1 Å². The van der Waals surface area contributed by atoms with E-state index < -0.39 is 0 Å². The summed E-state index contributed by atoms with van der Waals surface area (Å²) in [5.41, 5.74) is 27.5. The Morgan fingerprint density at radius 2 is 0.900 bits per heavy atom. The third kappa shape index (κ3) is 7.68. The van der Waals surface area contributed by atoms with Crippen molar-refractivity contribution in [3.05, 3.63) is 203 Å². The van der Waals surface area contributed by atoms with Crippen LogP contribution in [0.2, 0.25) is 0 Å². The first-order valence-corrected chi connectivity index (χ1v) is 29.8. The van der Waals surface area contributed by atoms with Gasteiger partial charge in [-0.2, -0.15) is 0 Å². The van der Waals surface area contributed by atoms with Crippen molar-refractivity contribution in [2.24, 2.45) is 0 Å². The molecule has 0 spiro atoms. The molecule has 80 heavy (non-hydrogen) atoms. The quantitative estimate of drug-likeness (QED) is 0.155. The van der Waals surface area contributed by atoms with Crippen molar-refractivity contribution >= 4 is 85.5 Å². The molecule has 0 saturated carbocycles. The largest absolute Gasteiger partial charge is 0.468 e. The first kappa shape index (κ1) is 50.9. The van der Waals surface area contributed by atoms with E-state index in [1.807, 2.05) is 0 Å². The van der Waals surface area contributed by atoms with Crippen molar-refractivity contribution < 1.29 is 4.42 Å². The molecule has 0 bridgehead atoms. The van der Waals surface area contributed by atoms with Gasteiger partial charge in [-0.1, -0.05) is 162 Å². The van der Waals surface area contributed by atoms with Crippen molar-refractivity contribution in [3.63, 3.8) is 0 Å². The minimum atomic E-state index is -0.208. The van der Waals surface area contributed by atoms with E-state index in [1.165, 1.54) is 101 Å². The Bertz CT molecular complexity index is 3950. The molecule has 3 aliphatic carbocycles. The van der Waals surface area contributed by atoms with E-state index in [4.69, 9.17) is 4.42 Å². The maximum Gasteiger partial charge on any atom is 0.297 e. The van der Waals surface area contributed by atoms with Crippen LogP contribution < -0.4 is 31.3 Å². The molecule has 0 amide bonds. The Morgan fingerprint density at radius 1 is 0.412 bits per heavy atom. The lowest BCUT2D eigenvalue weighted by atomic mass is 9.35. The van der Waals surface area contributed by atoms with Gasteiger partial charge in [-0.15, -0.1) is 0 Å². The summed E-state index contributed by atoms with van der Waals surface area (Å²) >= 11 is 0. The number of hydrogen-bond acceptors (Lipinski definition) is 4. The summed E-state index contributed by atoms with van der Waals surface area (Å²) in [6, 6.07) is 63.0. The van der Waals surface area contributed by atoms with Gasteiger partial charge >= 0.3 is 0 Å². The molecule has 2 aliphatic heterocycles. The second-order valence-electron chi connectivity index (χ2n) is 28.6. The maximum absolute atomic E-state index is 7.80. The van der Waals surface area contributed by atoms with Crippen LogP contribution in [0.15, 0.2) is 168 Å². The van der Waals surface area contributed by atoms with Crippen molar-refractivity contribution in [2.75, 3.05) is 14.7 Å². The molecule has 1 aromatic heterocycles. The molecule has 0 fully saturated rings. The highest BCUT2D eigenvalue weighted by Crippen LogP contribution is 2.56. The van der Waals surface area contributed by atoms with Crippen LogP contribution in [0.25, 0.3) is 22.1 Å². The van der Waals surface area contributed by atoms with Crippen LogP contribution in [-0.2, 0) is 32.5 Å². The van der Waals surface area contributed by atoms with Crippen molar-refractivity contribution in [1.82, 2.24) is 0 Å². The smallest absolute Gasteiger partial charge is 0.297 e. The topological polar surface area (TPSA) is 22.9 Å². The van der Waals surface area contributed by atoms with Gasteiger partial charge in [0.25, 0.3) is 6.71 Å². The average Bonchev–Trinajstić information content (AvgIpc) is 3.98. The molecule has 0 saturated heterocycles. The SMILES string of the molecule is Cc1cc2c3c(c1)N(c1ccc4c(c1)C(C)(C)CCC4(C)C)c1c(oc4cc5c(cc14)C(C)(C)CCC5(C)C)B3c1ccc(N(c3ccccc3)c3ccccc3)cc1N2c1cc2c(cc1-c1ccccc1)C(C)(C)CCC2(C)C. The van der Waals surface area contributed by atoms with E-state index in [0.29, 0.717) is 0 Å². The van der Waals surface area contributed by atoms with E-state index in [0.717, 1.165) is 66.1 Å². The fourth-order valence-corrected chi connectivity index (χ4v) is 15.3. The molecule has 9 aromatic rings. The van der Waals surface area contributed by atoms with Crippen LogP contribution in [0.5, 0.6) is 0 Å². The van der Waals surface area contributed by atoms with E-state index in [2.05, 4.69) is 269 Å². The Balaban J connectivity index is 1.12. The third-order valence-corrected chi connectivity index (χ3v) is 20.4. The van der Waals surface area contributed by atoms with Crippen LogP contribution in [0.1, 0.15) is 161 Å². The molecule has 5 aliphatic rings. The fourth-order valence-electron chi connectivity index (χ4n) is 15.3. The second kappa shape index (κ2) is 17.4. The third-order valence-electron chi connectivity index (χ3n) is 20.4. The van der Waals surface area contributed by atoms with Crippen molar-refractivity contribution in [1.29, 1.82) is 0 Å². The van der Waals surface area contributed by atoms with E-state index in [9.17, 15) is 0 Å². The van der Waals surface area contributed by atoms with Gasteiger partial charge in [0.15, 0.2) is 0 Å². The highest BCUT2D eigenvalue weighted by Gasteiger charge is 2.50. The zero-order valence-electron chi connectivity index (χ0n) is 49.7. The minimum absolute atomic E-state index is 0.0125. The Hall–Kier alpha value is -7.24. The molecule has 4 nitrogen and oxygen atoms in total. The summed E-state index contributed by atoms with van der Waals surface area (Å²) < 4.78 is 7.80. The Labute approximate surface area is 477 Å². The van der Waals surface area contributed by atoms with Crippen LogP contribution in [0.3, 0.4) is 0 Å². The van der Waals surface area contributed by atoms with E-state index >= 15 is 0 Å². The molecular weight excluding hydrogens is 970 g/mol. The summed E-state index contributed by atoms with van der Waals surface area (Å²) in [6.07, 6.45) is 6.86. The summed E-state index contributed by atoms with van der Waals surface area (Å²) in [5, 5.41) is 1.20. The summed E-state index contributed by atoms with van der Waals surface area (Å²) in [7, 11) is 0. The van der Waals surface area contributed by atoms with Gasteiger partial charge in [0, 0.05) is 50.8 Å². The van der Waals surface area contributed by atoms with Gasteiger partial charge in [0.1, 0.15) is 5.58 Å². The lowest BCUT2D eigenvalue weighted by Gasteiger charge is -2.46. The Kier molecular flexibility index (Phi) is 11.1. The summed E-state index contributed by atoms with van der Waals surface area (Å²) in [5.74, 6) is 0. The van der Waals surface area contributed by atoms with E-state index in [-0.39, 0.29) is 39.2 Å². The standard InChI is InChI=1S/C75H78BN3O/c1-47-39-64-67-65(40-47)79(62-45-59-57(72(6,7)35-37-74(59,10)11)43-53(62)48-23-17-14-18-24-48)63-42-52(77(49-25-19-15-20-26-49)50-27-21-16-22-28-50)30-32-61(63)76(67)69-68(54-44-58-60(46-66(54)80-69)75(12,13)38-36-73(58,8)9)78(64)51-29-31-55-56(41-51)71(4,5)34-33-70(55,2)3/h14-32,39-46H,33-38H2,1-13H3. The molecule has 5 heteroatoms. The Morgan fingerprint density at radius 3 is 1.48 bits per heavy atom. The van der Waals surface area contributed by atoms with Crippen LogP contribution in [0, 0.1) is 6.92 Å². The van der Waals surface area contributed by atoms with Crippen LogP contribution in [-0.4, -0.2) is 6.71 Å². The number of para-hydroxylation sites is 2. The second-order valence-corrected chi connectivity index (χ2v) is 28.6. The monoisotopic (exact) mass is 1050 g/mol. The first-order chi connectivity index (χ1) is 38.0. The lowest BCUT2D eigenvalue weighted by molar-refractivity contribution is 0.332. The predicted molar refractivity (Wildman–Crippen MR) is 341 cm³/mol. The van der Waals surface area contributed by atoms with Crippen molar-refractivity contribution in [2.45, 2.75) is 161 Å². The van der Waals surface area contributed by atoms with Crippen LogP contribution >= 0.6 is 0 Å². The molecule has 3 heterocycles. The zero-order valence-corrected chi connectivity index (χ0v) is 49.7. The zero-order chi connectivity index (χ0) is 55.6. The summed E-state index contributed by atoms with van der Waals surface area (Å²) in [4.78, 5) is 7.76. The number of hydrogen-bond donors (Lipinski definition) is 0. The molecule has 0 unspecified atom stereocenters. The first-order valence-electron chi connectivity index (χ1n) is 29.8. The van der Waals surface area contributed by atoms with Gasteiger partial charge in [-0.25, -0.2) is 0 Å². The molecule has 402 valence electrons. The normalized spacial score (nSPS) is 19.0. The van der Waals surface area contributed by atoms with Gasteiger partial charge in [-0.05, 0) is 218 Å². The summed E-state index contributed by atoms with van der Waals surface area (Å²) in [6.45, 7) is 31.6. The number of benzene rings is 8. The lowest BCUT2D eigenvalue weighted by Crippen LogP contribution is -2.61. The number of aryl methyl sites for hydroxylation is 1. The molecule has 0 atom stereocenters. The molecule has 8 aromatic carbocycles. The molecule has 0 N–H and O–H groups in total. The van der Waals surface area contributed by atoms with E-state index in [1.54, 1.807) is 0 Å². The molecule has 14 rings (SSSR count). The average molecular weight is 1050 g/mol. The molecule has 0 radical (unpaired) electrons. The highest BCUT2D eigenvalue weighted by molar-refractivity contribution is 7.00. The van der Waals surface area contributed by atoms with Gasteiger partial charge < -0.3 is 19.1 Å².